The van der Waals surface area contributed by atoms with E-state index in [0.717, 1.165) is 21.7 Å². The van der Waals surface area contributed by atoms with Crippen LogP contribution in [-0.2, 0) is 11.3 Å². The second-order valence-electron chi connectivity index (χ2n) is 6.94. The Balaban J connectivity index is 1.49. The Bertz CT molecular complexity index is 1230. The van der Waals surface area contributed by atoms with Gasteiger partial charge in [0, 0.05) is 6.20 Å². The van der Waals surface area contributed by atoms with Crippen LogP contribution in [0.25, 0.3) is 10.2 Å². The summed E-state index contributed by atoms with van der Waals surface area (Å²) in [6.07, 6.45) is 0.928. The van der Waals surface area contributed by atoms with Crippen molar-refractivity contribution in [2.45, 2.75) is 12.6 Å². The Morgan fingerprint density at radius 2 is 2.00 bits per heavy atom. The quantitative estimate of drug-likeness (QED) is 0.472. The molecule has 1 aliphatic rings. The van der Waals surface area contributed by atoms with E-state index in [1.165, 1.54) is 11.3 Å². The molecule has 0 N–H and O–H groups in total. The summed E-state index contributed by atoms with van der Waals surface area (Å²) in [5.74, 6) is 1.70. The summed E-state index contributed by atoms with van der Waals surface area (Å²) in [5, 5.41) is 0.571. The molecule has 2 aromatic heterocycles. The van der Waals surface area contributed by atoms with Gasteiger partial charge in [-0.3, -0.25) is 14.7 Å². The van der Waals surface area contributed by atoms with E-state index in [1.807, 2.05) is 54.6 Å². The predicted octanol–water partition coefficient (Wildman–Crippen LogP) is 4.07. The van der Waals surface area contributed by atoms with Crippen molar-refractivity contribution in [3.8, 4) is 17.2 Å². The number of para-hydroxylation sites is 2. The van der Waals surface area contributed by atoms with Gasteiger partial charge in [0.05, 0.1) is 29.6 Å². The van der Waals surface area contributed by atoms with Gasteiger partial charge in [0.25, 0.3) is 5.91 Å². The minimum absolute atomic E-state index is 0.132. The smallest absolute Gasteiger partial charge is 0.273 e. The molecule has 8 heteroatoms. The zero-order chi connectivity index (χ0) is 21.2. The number of anilines is 1. The minimum atomic E-state index is -0.778. The third kappa shape index (κ3) is 3.89. The lowest BCUT2D eigenvalue weighted by molar-refractivity contribution is -0.127. The number of hydrogen-bond donors (Lipinski definition) is 0. The van der Waals surface area contributed by atoms with Gasteiger partial charge in [0.15, 0.2) is 16.6 Å². The number of rotatable bonds is 5. The van der Waals surface area contributed by atoms with Gasteiger partial charge in [-0.1, -0.05) is 29.5 Å². The van der Waals surface area contributed by atoms with Gasteiger partial charge in [-0.25, -0.2) is 4.98 Å². The molecular weight excluding hydrogens is 414 g/mol. The molecule has 0 bridgehead atoms. The predicted molar refractivity (Wildman–Crippen MR) is 118 cm³/mol. The highest BCUT2D eigenvalue weighted by molar-refractivity contribution is 7.22. The number of amides is 1. The van der Waals surface area contributed by atoms with Crippen LogP contribution in [0.3, 0.4) is 0 Å². The van der Waals surface area contributed by atoms with Gasteiger partial charge in [0.2, 0.25) is 6.10 Å². The summed E-state index contributed by atoms with van der Waals surface area (Å²) in [7, 11) is 1.62. The van der Waals surface area contributed by atoms with Gasteiger partial charge in [-0.15, -0.1) is 0 Å². The molecule has 1 amide bonds. The third-order valence-electron chi connectivity index (χ3n) is 4.91. The molecule has 0 saturated heterocycles. The van der Waals surface area contributed by atoms with Crippen LogP contribution in [-0.4, -0.2) is 35.7 Å². The Kier molecular flexibility index (Phi) is 5.13. The van der Waals surface area contributed by atoms with Crippen LogP contribution in [0.2, 0.25) is 0 Å². The van der Waals surface area contributed by atoms with Crippen LogP contribution in [0.1, 0.15) is 5.69 Å². The van der Waals surface area contributed by atoms with Gasteiger partial charge in [-0.05, 0) is 42.5 Å². The average Bonchev–Trinajstić information content (AvgIpc) is 3.25. The number of methoxy groups -OCH3 is 1. The molecule has 0 unspecified atom stereocenters. The van der Waals surface area contributed by atoms with Crippen molar-refractivity contribution in [2.24, 2.45) is 0 Å². The molecule has 0 spiro atoms. The number of pyridine rings is 1. The summed E-state index contributed by atoms with van der Waals surface area (Å²) in [6.45, 7) is 0.408. The van der Waals surface area contributed by atoms with Crippen molar-refractivity contribution in [1.29, 1.82) is 0 Å². The van der Waals surface area contributed by atoms with E-state index in [0.29, 0.717) is 16.6 Å². The molecule has 0 saturated carbocycles. The van der Waals surface area contributed by atoms with Crippen molar-refractivity contribution < 1.29 is 19.0 Å². The number of nitrogens with zero attached hydrogens (tertiary/aromatic N) is 3. The van der Waals surface area contributed by atoms with Crippen LogP contribution in [0, 0.1) is 0 Å². The summed E-state index contributed by atoms with van der Waals surface area (Å²) in [4.78, 5) is 24.2. The molecule has 5 rings (SSSR count). The monoisotopic (exact) mass is 433 g/mol. The first kappa shape index (κ1) is 19.3. The maximum Gasteiger partial charge on any atom is 0.273 e. The normalized spacial score (nSPS) is 14.9. The molecule has 0 fully saturated rings. The van der Waals surface area contributed by atoms with Crippen LogP contribution >= 0.6 is 11.3 Å². The highest BCUT2D eigenvalue weighted by Gasteiger charge is 2.33. The topological polar surface area (TPSA) is 73.8 Å². The van der Waals surface area contributed by atoms with Crippen LogP contribution < -0.4 is 19.1 Å². The zero-order valence-corrected chi connectivity index (χ0v) is 17.5. The SMILES string of the molecule is COc1ccc2nc(N(Cc3ccccn3)C(=O)[C@H]3COc4ccccc4O3)sc2c1. The first-order chi connectivity index (χ1) is 15.2. The van der Waals surface area contributed by atoms with Crippen LogP contribution in [0.4, 0.5) is 5.13 Å². The first-order valence-electron chi connectivity index (χ1n) is 9.75. The summed E-state index contributed by atoms with van der Waals surface area (Å²) in [5.41, 5.74) is 1.55. The standard InChI is InChI=1S/C23H19N3O4S/c1-28-16-9-10-17-21(12-16)31-23(25-17)26(13-15-6-4-5-11-24-15)22(27)20-14-29-18-7-2-3-8-19(18)30-20/h2-12,20H,13-14H2,1H3/t20-/m1/s1. The van der Waals surface area contributed by atoms with E-state index in [9.17, 15) is 4.79 Å². The molecule has 3 heterocycles. The second-order valence-corrected chi connectivity index (χ2v) is 7.95. The van der Waals surface area contributed by atoms with Crippen molar-refractivity contribution >= 4 is 32.6 Å². The minimum Gasteiger partial charge on any atom is -0.497 e. The Morgan fingerprint density at radius 3 is 2.81 bits per heavy atom. The number of carbonyl (C=O) groups is 1. The zero-order valence-electron chi connectivity index (χ0n) is 16.7. The van der Waals surface area contributed by atoms with Gasteiger partial charge >= 0.3 is 0 Å². The molecule has 31 heavy (non-hydrogen) atoms. The van der Waals surface area contributed by atoms with Gasteiger partial charge in [0.1, 0.15) is 12.4 Å². The molecule has 0 radical (unpaired) electrons. The molecule has 2 aromatic carbocycles. The lowest BCUT2D eigenvalue weighted by Gasteiger charge is -2.29. The Labute approximate surface area is 182 Å². The summed E-state index contributed by atoms with van der Waals surface area (Å²) < 4.78 is 18.0. The number of benzene rings is 2. The number of hydrogen-bond acceptors (Lipinski definition) is 7. The first-order valence-corrected chi connectivity index (χ1v) is 10.6. The molecule has 0 aliphatic carbocycles. The number of ether oxygens (including phenoxy) is 3. The molecule has 1 aliphatic heterocycles. The van der Waals surface area contributed by atoms with Crippen molar-refractivity contribution in [3.05, 3.63) is 72.6 Å². The lowest BCUT2D eigenvalue weighted by atomic mass is 10.2. The average molecular weight is 433 g/mol. The number of fused-ring (bicyclic) bond motifs is 2. The molecule has 156 valence electrons. The lowest BCUT2D eigenvalue weighted by Crippen LogP contribution is -2.46. The van der Waals surface area contributed by atoms with E-state index >= 15 is 0 Å². The molecular formula is C23H19N3O4S. The Hall–Kier alpha value is -3.65. The third-order valence-corrected chi connectivity index (χ3v) is 5.95. The van der Waals surface area contributed by atoms with Crippen molar-refractivity contribution in [3.63, 3.8) is 0 Å². The fourth-order valence-electron chi connectivity index (χ4n) is 3.34. The van der Waals surface area contributed by atoms with E-state index < -0.39 is 6.10 Å². The van der Waals surface area contributed by atoms with E-state index in [-0.39, 0.29) is 19.1 Å². The second kappa shape index (κ2) is 8.23. The van der Waals surface area contributed by atoms with E-state index in [2.05, 4.69) is 9.97 Å². The number of thiazole rings is 1. The fraction of sp³-hybridized carbons (Fsp3) is 0.174. The van der Waals surface area contributed by atoms with E-state index in [4.69, 9.17) is 14.2 Å². The van der Waals surface area contributed by atoms with Crippen LogP contribution in [0.5, 0.6) is 17.2 Å². The molecule has 7 nitrogen and oxygen atoms in total. The van der Waals surface area contributed by atoms with Crippen LogP contribution in [0.15, 0.2) is 66.9 Å². The maximum atomic E-state index is 13.5. The van der Waals surface area contributed by atoms with Crippen molar-refractivity contribution in [1.82, 2.24) is 9.97 Å². The highest BCUT2D eigenvalue weighted by atomic mass is 32.1. The summed E-state index contributed by atoms with van der Waals surface area (Å²) in [6, 6.07) is 18.6. The van der Waals surface area contributed by atoms with Gasteiger partial charge in [-0.2, -0.15) is 0 Å². The maximum absolute atomic E-state index is 13.5. The van der Waals surface area contributed by atoms with Crippen molar-refractivity contribution in [2.75, 3.05) is 18.6 Å². The number of carbonyl (C=O) groups excluding carboxylic acids is 1. The number of aromatic nitrogens is 2. The summed E-state index contributed by atoms with van der Waals surface area (Å²) >= 11 is 1.42. The highest BCUT2D eigenvalue weighted by Crippen LogP contribution is 2.35. The largest absolute Gasteiger partial charge is 0.497 e. The Morgan fingerprint density at radius 1 is 1.16 bits per heavy atom. The molecule has 1 atom stereocenters. The van der Waals surface area contributed by atoms with Gasteiger partial charge < -0.3 is 14.2 Å². The van der Waals surface area contributed by atoms with E-state index in [1.54, 1.807) is 24.3 Å². The fourth-order valence-corrected chi connectivity index (χ4v) is 4.34. The molecule has 4 aromatic rings.